The van der Waals surface area contributed by atoms with Gasteiger partial charge in [0, 0.05) is 18.8 Å². The van der Waals surface area contributed by atoms with E-state index in [0.717, 1.165) is 18.4 Å². The molecular formula is C10H14N2O2. The molecule has 0 spiro atoms. The number of aromatic amines is 1. The molecule has 4 nitrogen and oxygen atoms in total. The van der Waals surface area contributed by atoms with Crippen molar-refractivity contribution in [3.05, 3.63) is 45.3 Å². The second-order valence-electron chi connectivity index (χ2n) is 3.36. The van der Waals surface area contributed by atoms with E-state index in [4.69, 9.17) is 0 Å². The number of aryl methyl sites for hydroxylation is 1. The third-order valence-electron chi connectivity index (χ3n) is 1.90. The molecule has 76 valence electrons. The van der Waals surface area contributed by atoms with Crippen molar-refractivity contribution in [2.75, 3.05) is 0 Å². The van der Waals surface area contributed by atoms with E-state index in [1.54, 1.807) is 0 Å². The summed E-state index contributed by atoms with van der Waals surface area (Å²) in [6, 6.07) is 1.35. The van der Waals surface area contributed by atoms with E-state index in [1.807, 2.05) is 6.92 Å². The predicted octanol–water partition coefficient (Wildman–Crippen LogP) is 0.893. The summed E-state index contributed by atoms with van der Waals surface area (Å²) in [7, 11) is 0. The van der Waals surface area contributed by atoms with Crippen LogP contribution in [0, 0.1) is 0 Å². The molecule has 0 unspecified atom stereocenters. The lowest BCUT2D eigenvalue weighted by molar-refractivity contribution is 0.603. The maximum absolute atomic E-state index is 11.2. The van der Waals surface area contributed by atoms with Gasteiger partial charge in [0.2, 0.25) is 0 Å². The Hall–Kier alpha value is -1.58. The molecule has 4 heteroatoms. The lowest BCUT2D eigenvalue weighted by atomic mass is 10.2. The first-order valence-corrected chi connectivity index (χ1v) is 4.54. The van der Waals surface area contributed by atoms with Gasteiger partial charge in [0.25, 0.3) is 5.56 Å². The summed E-state index contributed by atoms with van der Waals surface area (Å²) in [5, 5.41) is 0. The van der Waals surface area contributed by atoms with E-state index < -0.39 is 0 Å². The van der Waals surface area contributed by atoms with E-state index in [0.29, 0.717) is 6.54 Å². The molecule has 1 N–H and O–H groups in total. The number of H-pyrrole nitrogens is 1. The maximum Gasteiger partial charge on any atom is 0.328 e. The molecule has 0 fully saturated rings. The second-order valence-corrected chi connectivity index (χ2v) is 3.36. The fourth-order valence-corrected chi connectivity index (χ4v) is 1.17. The number of nitrogens with zero attached hydrogens (tertiary/aromatic N) is 1. The molecule has 0 aromatic carbocycles. The van der Waals surface area contributed by atoms with Crippen molar-refractivity contribution in [3.63, 3.8) is 0 Å². The van der Waals surface area contributed by atoms with Crippen LogP contribution in [0.2, 0.25) is 0 Å². The van der Waals surface area contributed by atoms with Crippen LogP contribution in [-0.4, -0.2) is 9.55 Å². The first-order chi connectivity index (χ1) is 6.59. The third kappa shape index (κ3) is 3.05. The van der Waals surface area contributed by atoms with E-state index >= 15 is 0 Å². The van der Waals surface area contributed by atoms with Gasteiger partial charge in [-0.15, -0.1) is 6.58 Å². The molecule has 14 heavy (non-hydrogen) atoms. The van der Waals surface area contributed by atoms with Crippen molar-refractivity contribution < 1.29 is 0 Å². The average molecular weight is 194 g/mol. The molecule has 0 aliphatic rings. The van der Waals surface area contributed by atoms with Crippen molar-refractivity contribution in [1.29, 1.82) is 0 Å². The zero-order valence-corrected chi connectivity index (χ0v) is 8.25. The highest BCUT2D eigenvalue weighted by Gasteiger charge is 1.95. The van der Waals surface area contributed by atoms with Crippen LogP contribution >= 0.6 is 0 Å². The number of rotatable bonds is 4. The lowest BCUT2D eigenvalue weighted by Crippen LogP contribution is -2.28. The van der Waals surface area contributed by atoms with E-state index in [-0.39, 0.29) is 11.2 Å². The van der Waals surface area contributed by atoms with E-state index in [2.05, 4.69) is 11.6 Å². The van der Waals surface area contributed by atoms with Crippen LogP contribution in [0.25, 0.3) is 0 Å². The molecule has 0 saturated carbocycles. The number of allylic oxidation sites excluding steroid dienone is 1. The van der Waals surface area contributed by atoms with Crippen molar-refractivity contribution >= 4 is 0 Å². The van der Waals surface area contributed by atoms with Gasteiger partial charge < -0.3 is 4.57 Å². The molecule has 0 aliphatic carbocycles. The van der Waals surface area contributed by atoms with Gasteiger partial charge >= 0.3 is 5.69 Å². The van der Waals surface area contributed by atoms with Crippen LogP contribution in [-0.2, 0) is 6.54 Å². The fraction of sp³-hybridized carbons (Fsp3) is 0.400. The van der Waals surface area contributed by atoms with Crippen molar-refractivity contribution in [2.24, 2.45) is 0 Å². The Labute approximate surface area is 81.9 Å². The van der Waals surface area contributed by atoms with Crippen LogP contribution in [0.3, 0.4) is 0 Å². The summed E-state index contributed by atoms with van der Waals surface area (Å²) < 4.78 is 1.49. The second kappa shape index (κ2) is 4.60. The van der Waals surface area contributed by atoms with Crippen molar-refractivity contribution in [2.45, 2.75) is 26.3 Å². The Morgan fingerprint density at radius 3 is 2.86 bits per heavy atom. The molecular weight excluding hydrogens is 180 g/mol. The average Bonchev–Trinajstić information content (AvgIpc) is 2.08. The lowest BCUT2D eigenvalue weighted by Gasteiger charge is -2.03. The molecule has 1 rings (SSSR count). The summed E-state index contributed by atoms with van der Waals surface area (Å²) >= 11 is 0. The Kier molecular flexibility index (Phi) is 3.45. The van der Waals surface area contributed by atoms with Gasteiger partial charge in [0.1, 0.15) is 0 Å². The largest absolute Gasteiger partial charge is 0.328 e. The highest BCUT2D eigenvalue weighted by molar-refractivity contribution is 4.88. The predicted molar refractivity (Wildman–Crippen MR) is 55.4 cm³/mol. The standard InChI is InChI=1S/C10H14N2O2/c1-8(2)4-3-6-12-7-5-9(13)11-10(12)14/h5,7H,1,3-4,6H2,2H3,(H,11,13,14). The molecule has 0 bridgehead atoms. The van der Waals surface area contributed by atoms with Gasteiger partial charge in [0.05, 0.1) is 0 Å². The van der Waals surface area contributed by atoms with E-state index in [1.165, 1.54) is 16.8 Å². The molecule has 0 amide bonds. The molecule has 0 aliphatic heterocycles. The summed E-state index contributed by atoms with van der Waals surface area (Å²) in [5.41, 5.74) is 0.396. The van der Waals surface area contributed by atoms with Gasteiger partial charge in [-0.05, 0) is 19.8 Å². The minimum absolute atomic E-state index is 0.348. The van der Waals surface area contributed by atoms with Gasteiger partial charge in [-0.2, -0.15) is 0 Å². The van der Waals surface area contributed by atoms with Crippen LogP contribution in [0.15, 0.2) is 34.0 Å². The monoisotopic (exact) mass is 194 g/mol. The fourth-order valence-electron chi connectivity index (χ4n) is 1.17. The molecule has 0 atom stereocenters. The number of hydrogen-bond acceptors (Lipinski definition) is 2. The summed E-state index contributed by atoms with van der Waals surface area (Å²) in [5.74, 6) is 0. The Balaban J connectivity index is 2.64. The first kappa shape index (κ1) is 10.5. The molecule has 0 radical (unpaired) electrons. The van der Waals surface area contributed by atoms with Gasteiger partial charge in [0.15, 0.2) is 0 Å². The van der Waals surface area contributed by atoms with Gasteiger partial charge in [-0.1, -0.05) is 5.57 Å². The Morgan fingerprint density at radius 2 is 2.29 bits per heavy atom. The highest BCUT2D eigenvalue weighted by atomic mass is 16.2. The number of nitrogens with one attached hydrogen (secondary N) is 1. The minimum atomic E-state index is -0.355. The Morgan fingerprint density at radius 1 is 1.57 bits per heavy atom. The number of aromatic nitrogens is 2. The zero-order valence-electron chi connectivity index (χ0n) is 8.25. The topological polar surface area (TPSA) is 54.9 Å². The zero-order chi connectivity index (χ0) is 10.6. The van der Waals surface area contributed by atoms with E-state index in [9.17, 15) is 9.59 Å². The quantitative estimate of drug-likeness (QED) is 0.724. The summed E-state index contributed by atoms with van der Waals surface area (Å²) in [6.07, 6.45) is 3.27. The Bertz CT molecular complexity index is 428. The maximum atomic E-state index is 11.2. The first-order valence-electron chi connectivity index (χ1n) is 4.54. The van der Waals surface area contributed by atoms with Crippen LogP contribution in [0.4, 0.5) is 0 Å². The minimum Gasteiger partial charge on any atom is -0.301 e. The molecule has 0 saturated heterocycles. The van der Waals surface area contributed by atoms with Crippen molar-refractivity contribution in [3.8, 4) is 0 Å². The van der Waals surface area contributed by atoms with Gasteiger partial charge in [-0.3, -0.25) is 9.78 Å². The van der Waals surface area contributed by atoms with Crippen LogP contribution < -0.4 is 11.2 Å². The van der Waals surface area contributed by atoms with Crippen LogP contribution in [0.5, 0.6) is 0 Å². The molecule has 1 heterocycles. The molecule has 1 aromatic rings. The third-order valence-corrected chi connectivity index (χ3v) is 1.90. The molecule has 1 aromatic heterocycles. The summed E-state index contributed by atoms with van der Waals surface area (Å²) in [6.45, 7) is 6.35. The normalized spacial score (nSPS) is 10.1. The van der Waals surface area contributed by atoms with Crippen molar-refractivity contribution in [1.82, 2.24) is 9.55 Å². The smallest absolute Gasteiger partial charge is 0.301 e. The highest BCUT2D eigenvalue weighted by Crippen LogP contribution is 2.00. The summed E-state index contributed by atoms with van der Waals surface area (Å²) in [4.78, 5) is 24.1. The van der Waals surface area contributed by atoms with Crippen LogP contribution in [0.1, 0.15) is 19.8 Å². The number of hydrogen-bond donors (Lipinski definition) is 1. The SMILES string of the molecule is C=C(C)CCCn1ccc(=O)[nH]c1=O. The van der Waals surface area contributed by atoms with Gasteiger partial charge in [-0.25, -0.2) is 4.79 Å².